The molecule has 0 atom stereocenters. The number of hydrogen-bond acceptors (Lipinski definition) is 4. The van der Waals surface area contributed by atoms with Gasteiger partial charge in [0.25, 0.3) is 0 Å². The number of nitrogens with two attached hydrogens (primary N) is 1. The number of hydrogen-bond donors (Lipinski definition) is 2. The average Bonchev–Trinajstić information content (AvgIpc) is 2.38. The van der Waals surface area contributed by atoms with Crippen LogP contribution in [-0.4, -0.2) is 23.1 Å². The maximum absolute atomic E-state index is 13.1. The van der Waals surface area contributed by atoms with Crippen LogP contribution in [0.2, 0.25) is 0 Å². The highest BCUT2D eigenvalue weighted by Crippen LogP contribution is 2.19. The van der Waals surface area contributed by atoms with Crippen LogP contribution in [0.3, 0.4) is 0 Å². The van der Waals surface area contributed by atoms with E-state index in [0.29, 0.717) is 12.4 Å². The van der Waals surface area contributed by atoms with E-state index in [2.05, 4.69) is 4.98 Å². The monoisotopic (exact) mass is 275 g/mol. The van der Waals surface area contributed by atoms with Gasteiger partial charge in [0.05, 0.1) is 17.4 Å². The van der Waals surface area contributed by atoms with E-state index in [1.165, 1.54) is 24.4 Å². The van der Waals surface area contributed by atoms with Gasteiger partial charge in [0.15, 0.2) is 0 Å². The summed E-state index contributed by atoms with van der Waals surface area (Å²) in [6.07, 6.45) is 1.31. The first-order chi connectivity index (χ1) is 9.47. The Hall–Kier alpha value is -2.63. The van der Waals surface area contributed by atoms with Crippen molar-refractivity contribution in [3.8, 4) is 0 Å². The number of anilines is 2. The molecule has 0 bridgehead atoms. The Morgan fingerprint density at radius 3 is 2.85 bits per heavy atom. The molecule has 0 amide bonds. The third-order valence-corrected chi connectivity index (χ3v) is 2.85. The van der Waals surface area contributed by atoms with Gasteiger partial charge in [-0.05, 0) is 23.8 Å². The number of aromatic nitrogens is 1. The smallest absolute Gasteiger partial charge is 0.337 e. The predicted molar refractivity (Wildman–Crippen MR) is 74.1 cm³/mol. The molecule has 0 radical (unpaired) electrons. The van der Waals surface area contributed by atoms with Crippen molar-refractivity contribution in [3.05, 3.63) is 53.5 Å². The van der Waals surface area contributed by atoms with E-state index in [1.54, 1.807) is 24.1 Å². The molecule has 6 heteroatoms. The van der Waals surface area contributed by atoms with Gasteiger partial charge in [-0.1, -0.05) is 12.1 Å². The lowest BCUT2D eigenvalue weighted by Gasteiger charge is -2.19. The molecule has 0 aliphatic rings. The second-order valence-corrected chi connectivity index (χ2v) is 4.42. The van der Waals surface area contributed by atoms with Gasteiger partial charge in [0.2, 0.25) is 0 Å². The van der Waals surface area contributed by atoms with Crippen molar-refractivity contribution in [2.24, 2.45) is 0 Å². The van der Waals surface area contributed by atoms with Crippen LogP contribution in [0, 0.1) is 5.82 Å². The first kappa shape index (κ1) is 13.8. The molecule has 0 fully saturated rings. The fourth-order valence-electron chi connectivity index (χ4n) is 1.84. The molecule has 2 aromatic rings. The molecule has 1 aromatic heterocycles. The van der Waals surface area contributed by atoms with Gasteiger partial charge in [-0.2, -0.15) is 0 Å². The summed E-state index contributed by atoms with van der Waals surface area (Å²) >= 11 is 0. The Labute approximate surface area is 115 Å². The van der Waals surface area contributed by atoms with Crippen molar-refractivity contribution in [3.63, 3.8) is 0 Å². The lowest BCUT2D eigenvalue weighted by Crippen LogP contribution is -2.18. The first-order valence-corrected chi connectivity index (χ1v) is 5.92. The standard InChI is InChI=1S/C14H14FN3O2/c1-18(8-9-3-2-4-10(15)5-9)13-6-11(14(19)20)12(16)7-17-13/h2-7H,8,16H2,1H3,(H,19,20). The van der Waals surface area contributed by atoms with E-state index in [-0.39, 0.29) is 17.1 Å². The number of pyridine rings is 1. The zero-order chi connectivity index (χ0) is 14.7. The predicted octanol–water partition coefficient (Wildman–Crippen LogP) is 2.14. The first-order valence-electron chi connectivity index (χ1n) is 5.92. The second kappa shape index (κ2) is 5.56. The SMILES string of the molecule is CN(Cc1cccc(F)c1)c1cc(C(=O)O)c(N)cn1. The Balaban J connectivity index is 2.23. The summed E-state index contributed by atoms with van der Waals surface area (Å²) in [6, 6.07) is 7.60. The number of aromatic carboxylic acids is 1. The van der Waals surface area contributed by atoms with Gasteiger partial charge >= 0.3 is 5.97 Å². The van der Waals surface area contributed by atoms with Crippen LogP contribution in [0.4, 0.5) is 15.9 Å². The topological polar surface area (TPSA) is 79.5 Å². The van der Waals surface area contributed by atoms with Crippen LogP contribution in [0.5, 0.6) is 0 Å². The van der Waals surface area contributed by atoms with Crippen molar-refractivity contribution in [1.82, 2.24) is 4.98 Å². The lowest BCUT2D eigenvalue weighted by atomic mass is 10.2. The normalized spacial score (nSPS) is 10.3. The summed E-state index contributed by atoms with van der Waals surface area (Å²) in [5.74, 6) is -0.960. The zero-order valence-corrected chi connectivity index (χ0v) is 10.9. The van der Waals surface area contributed by atoms with Crippen LogP contribution in [-0.2, 0) is 6.54 Å². The quantitative estimate of drug-likeness (QED) is 0.893. The number of carboxylic acid groups (broad SMARTS) is 1. The van der Waals surface area contributed by atoms with E-state index in [4.69, 9.17) is 10.8 Å². The van der Waals surface area contributed by atoms with Gasteiger partial charge in [0.1, 0.15) is 11.6 Å². The molecule has 0 unspecified atom stereocenters. The van der Waals surface area contributed by atoms with E-state index >= 15 is 0 Å². The molecular formula is C14H14FN3O2. The van der Waals surface area contributed by atoms with Crippen molar-refractivity contribution < 1.29 is 14.3 Å². The number of benzene rings is 1. The minimum atomic E-state index is -1.11. The maximum atomic E-state index is 13.1. The number of nitrogen functional groups attached to an aromatic ring is 1. The van der Waals surface area contributed by atoms with Gasteiger partial charge < -0.3 is 15.7 Å². The molecule has 1 heterocycles. The number of rotatable bonds is 4. The molecule has 0 saturated heterocycles. The van der Waals surface area contributed by atoms with Crippen LogP contribution in [0.15, 0.2) is 36.5 Å². The third-order valence-electron chi connectivity index (χ3n) is 2.85. The van der Waals surface area contributed by atoms with Crippen molar-refractivity contribution in [2.45, 2.75) is 6.54 Å². The highest BCUT2D eigenvalue weighted by Gasteiger charge is 2.12. The summed E-state index contributed by atoms with van der Waals surface area (Å²) in [6.45, 7) is 0.410. The van der Waals surface area contributed by atoms with Crippen LogP contribution in [0.1, 0.15) is 15.9 Å². The summed E-state index contributed by atoms with van der Waals surface area (Å²) in [5.41, 5.74) is 6.43. The summed E-state index contributed by atoms with van der Waals surface area (Å²) < 4.78 is 13.1. The molecule has 0 aliphatic carbocycles. The van der Waals surface area contributed by atoms with Gasteiger partial charge in [-0.15, -0.1) is 0 Å². The average molecular weight is 275 g/mol. The van der Waals surface area contributed by atoms with Crippen molar-refractivity contribution >= 4 is 17.5 Å². The summed E-state index contributed by atoms with van der Waals surface area (Å²) in [7, 11) is 1.75. The Morgan fingerprint density at radius 2 is 2.20 bits per heavy atom. The number of nitrogens with zero attached hydrogens (tertiary/aromatic N) is 2. The molecule has 104 valence electrons. The molecule has 1 aromatic carbocycles. The fourth-order valence-corrected chi connectivity index (χ4v) is 1.84. The minimum Gasteiger partial charge on any atom is -0.478 e. The molecule has 5 nitrogen and oxygen atoms in total. The Bertz CT molecular complexity index is 646. The highest BCUT2D eigenvalue weighted by atomic mass is 19.1. The highest BCUT2D eigenvalue weighted by molar-refractivity contribution is 5.94. The fraction of sp³-hybridized carbons (Fsp3) is 0.143. The molecular weight excluding hydrogens is 261 g/mol. The van der Waals surface area contributed by atoms with E-state index in [1.807, 2.05) is 0 Å². The maximum Gasteiger partial charge on any atom is 0.337 e. The van der Waals surface area contributed by atoms with Gasteiger partial charge in [-0.3, -0.25) is 0 Å². The summed E-state index contributed by atoms with van der Waals surface area (Å²) in [4.78, 5) is 16.8. The zero-order valence-electron chi connectivity index (χ0n) is 10.9. The number of halogens is 1. The largest absolute Gasteiger partial charge is 0.478 e. The van der Waals surface area contributed by atoms with Crippen molar-refractivity contribution in [2.75, 3.05) is 17.7 Å². The molecule has 0 spiro atoms. The third kappa shape index (κ3) is 3.03. The van der Waals surface area contributed by atoms with Crippen LogP contribution < -0.4 is 10.6 Å². The van der Waals surface area contributed by atoms with E-state index in [9.17, 15) is 9.18 Å². The molecule has 20 heavy (non-hydrogen) atoms. The second-order valence-electron chi connectivity index (χ2n) is 4.42. The summed E-state index contributed by atoms with van der Waals surface area (Å²) in [5, 5.41) is 9.02. The van der Waals surface area contributed by atoms with E-state index in [0.717, 1.165) is 5.56 Å². The van der Waals surface area contributed by atoms with Crippen LogP contribution >= 0.6 is 0 Å². The molecule has 2 rings (SSSR count). The number of carbonyl (C=O) groups is 1. The molecule has 0 saturated carbocycles. The number of carboxylic acids is 1. The van der Waals surface area contributed by atoms with E-state index < -0.39 is 5.97 Å². The van der Waals surface area contributed by atoms with Gasteiger partial charge in [0, 0.05) is 13.6 Å². The Kier molecular flexibility index (Phi) is 3.84. The molecule has 3 N–H and O–H groups in total. The van der Waals surface area contributed by atoms with Crippen LogP contribution in [0.25, 0.3) is 0 Å². The van der Waals surface area contributed by atoms with Gasteiger partial charge in [-0.25, -0.2) is 14.2 Å². The van der Waals surface area contributed by atoms with Crippen molar-refractivity contribution in [1.29, 1.82) is 0 Å². The Morgan fingerprint density at radius 1 is 1.45 bits per heavy atom. The lowest BCUT2D eigenvalue weighted by molar-refractivity contribution is 0.0698. The minimum absolute atomic E-state index is 0.00101. The molecule has 0 aliphatic heterocycles.